The molecule has 1 amide bonds. The number of nitrogens with one attached hydrogen (secondary N) is 2. The van der Waals surface area contributed by atoms with Crippen LogP contribution in [-0.4, -0.2) is 63.1 Å². The third kappa shape index (κ3) is 5.44. The molecule has 10 heteroatoms. The van der Waals surface area contributed by atoms with Crippen LogP contribution in [0.2, 0.25) is 0 Å². The molecule has 2 aromatic rings. The lowest BCUT2D eigenvalue weighted by Gasteiger charge is -2.12. The fourth-order valence-corrected chi connectivity index (χ4v) is 7.56. The summed E-state index contributed by atoms with van der Waals surface area (Å²) in [5.74, 6) is 1.43. The molecule has 1 saturated heterocycles. The zero-order chi connectivity index (χ0) is 23.6. The topological polar surface area (TPSA) is 106 Å². The van der Waals surface area contributed by atoms with Crippen LogP contribution in [0.5, 0.6) is 11.5 Å². The van der Waals surface area contributed by atoms with Crippen LogP contribution in [0.4, 0.5) is 5.69 Å². The summed E-state index contributed by atoms with van der Waals surface area (Å²) in [7, 11) is 0.201. The number of hydrogen-bond donors (Lipinski definition) is 2. The van der Waals surface area contributed by atoms with E-state index < -0.39 is 9.84 Å². The van der Waals surface area contributed by atoms with Gasteiger partial charge in [-0.3, -0.25) is 9.79 Å². The summed E-state index contributed by atoms with van der Waals surface area (Å²) in [4.78, 5) is 17.2. The Hall–Kier alpha value is -2.72. The van der Waals surface area contributed by atoms with Gasteiger partial charge in [0.25, 0.3) is 5.91 Å². The number of aryl methyl sites for hydroxylation is 1. The number of aliphatic imine (C=N–C) groups is 1. The first-order chi connectivity index (χ1) is 15.8. The number of thioether (sulfide) groups is 1. The van der Waals surface area contributed by atoms with Crippen LogP contribution in [-0.2, 0) is 16.3 Å². The summed E-state index contributed by atoms with van der Waals surface area (Å²) in [5.41, 5.74) is 3.34. The number of ether oxygens (including phenoxy) is 2. The molecule has 1 fully saturated rings. The standard InChI is InChI=1S/C23H27N3O5S2/c1-14-4-6-16(11-17(14)25-23-26-18-12-33(28,29)13-21(18)32-23)22(27)24-9-8-15-5-7-19(30-2)20(10-15)31-3/h4-7,10-11,18,21H,8-9,12-13H2,1-3H3,(H,24,27)(H,25,26)/t18-,21-/m1/s1. The van der Waals surface area contributed by atoms with Crippen molar-refractivity contribution in [2.24, 2.45) is 4.99 Å². The van der Waals surface area contributed by atoms with Crippen molar-refractivity contribution in [1.29, 1.82) is 0 Å². The third-order valence-corrected chi connectivity index (χ3v) is 8.85. The number of carbonyl (C=O) groups excluding carboxylic acids is 1. The third-order valence-electron chi connectivity index (χ3n) is 5.71. The van der Waals surface area contributed by atoms with E-state index in [-0.39, 0.29) is 28.7 Å². The summed E-state index contributed by atoms with van der Waals surface area (Å²) in [6.07, 6.45) is 0.655. The highest BCUT2D eigenvalue weighted by atomic mass is 32.2. The molecule has 0 spiro atoms. The minimum atomic E-state index is -2.99. The lowest BCUT2D eigenvalue weighted by molar-refractivity contribution is 0.0954. The van der Waals surface area contributed by atoms with Gasteiger partial charge in [0, 0.05) is 23.0 Å². The van der Waals surface area contributed by atoms with Gasteiger partial charge in [0.05, 0.1) is 31.8 Å². The highest BCUT2D eigenvalue weighted by Gasteiger charge is 2.42. The van der Waals surface area contributed by atoms with Gasteiger partial charge in [0.2, 0.25) is 0 Å². The average Bonchev–Trinajstić information content (AvgIpc) is 3.27. The molecule has 0 unspecified atom stereocenters. The Morgan fingerprint density at radius 1 is 1.12 bits per heavy atom. The summed E-state index contributed by atoms with van der Waals surface area (Å²) >= 11 is 1.46. The van der Waals surface area contributed by atoms with Crippen LogP contribution >= 0.6 is 11.8 Å². The number of amidine groups is 1. The molecule has 0 saturated carbocycles. The van der Waals surface area contributed by atoms with E-state index in [9.17, 15) is 13.2 Å². The minimum Gasteiger partial charge on any atom is -0.493 e. The van der Waals surface area contributed by atoms with E-state index in [0.717, 1.165) is 16.8 Å². The molecule has 0 aromatic heterocycles. The van der Waals surface area contributed by atoms with E-state index in [1.54, 1.807) is 26.4 Å². The SMILES string of the molecule is COc1ccc(CCNC(=O)c2ccc(C)c(NC3=N[C@@H]4CS(=O)(=O)C[C@H]4S3)c2)cc1OC. The van der Waals surface area contributed by atoms with Crippen LogP contribution in [0.25, 0.3) is 0 Å². The van der Waals surface area contributed by atoms with Crippen molar-refractivity contribution in [2.75, 3.05) is 37.6 Å². The van der Waals surface area contributed by atoms with E-state index in [1.807, 2.05) is 31.2 Å². The number of amides is 1. The maximum atomic E-state index is 12.7. The Kier molecular flexibility index (Phi) is 6.85. The summed E-state index contributed by atoms with van der Waals surface area (Å²) < 4.78 is 34.1. The first kappa shape index (κ1) is 23.4. The quantitative estimate of drug-likeness (QED) is 0.616. The van der Waals surface area contributed by atoms with Crippen LogP contribution in [0.1, 0.15) is 21.5 Å². The second kappa shape index (κ2) is 9.64. The van der Waals surface area contributed by atoms with Crippen LogP contribution in [0.3, 0.4) is 0 Å². The average molecular weight is 490 g/mol. The Morgan fingerprint density at radius 3 is 2.64 bits per heavy atom. The molecule has 0 aliphatic carbocycles. The zero-order valence-corrected chi connectivity index (χ0v) is 20.4. The first-order valence-corrected chi connectivity index (χ1v) is 13.3. The first-order valence-electron chi connectivity index (χ1n) is 10.6. The van der Waals surface area contributed by atoms with E-state index in [0.29, 0.717) is 35.2 Å². The van der Waals surface area contributed by atoms with Crippen molar-refractivity contribution >= 4 is 38.4 Å². The number of rotatable bonds is 7. The molecule has 2 N–H and O–H groups in total. The molecular formula is C23H27N3O5S2. The number of sulfone groups is 1. The molecule has 8 nitrogen and oxygen atoms in total. The lowest BCUT2D eigenvalue weighted by Crippen LogP contribution is -2.26. The van der Waals surface area contributed by atoms with E-state index in [1.165, 1.54) is 11.8 Å². The van der Waals surface area contributed by atoms with Crippen LogP contribution < -0.4 is 20.1 Å². The number of benzene rings is 2. The van der Waals surface area contributed by atoms with Crippen LogP contribution in [0.15, 0.2) is 41.4 Å². The number of methoxy groups -OCH3 is 2. The van der Waals surface area contributed by atoms with Crippen molar-refractivity contribution in [2.45, 2.75) is 24.6 Å². The van der Waals surface area contributed by atoms with E-state index in [4.69, 9.17) is 9.47 Å². The van der Waals surface area contributed by atoms with Gasteiger partial charge in [0.15, 0.2) is 26.5 Å². The predicted octanol–water partition coefficient (Wildman–Crippen LogP) is 2.67. The van der Waals surface area contributed by atoms with Crippen LogP contribution in [0, 0.1) is 6.92 Å². The minimum absolute atomic E-state index is 0.0270. The van der Waals surface area contributed by atoms with Gasteiger partial charge in [-0.05, 0) is 48.7 Å². The Labute approximate surface area is 198 Å². The largest absolute Gasteiger partial charge is 0.493 e. The van der Waals surface area contributed by atoms with Gasteiger partial charge in [-0.1, -0.05) is 23.9 Å². The molecule has 2 aliphatic heterocycles. The molecule has 4 rings (SSSR count). The number of hydrogen-bond acceptors (Lipinski definition) is 8. The predicted molar refractivity (Wildman–Crippen MR) is 132 cm³/mol. The monoisotopic (exact) mass is 489 g/mol. The highest BCUT2D eigenvalue weighted by Crippen LogP contribution is 2.35. The maximum Gasteiger partial charge on any atom is 0.251 e. The van der Waals surface area contributed by atoms with Gasteiger partial charge in [0.1, 0.15) is 0 Å². The molecule has 0 bridgehead atoms. The van der Waals surface area contributed by atoms with Gasteiger partial charge in [-0.25, -0.2) is 8.42 Å². The molecule has 2 aromatic carbocycles. The molecule has 33 heavy (non-hydrogen) atoms. The highest BCUT2D eigenvalue weighted by molar-refractivity contribution is 8.15. The molecule has 2 heterocycles. The smallest absolute Gasteiger partial charge is 0.251 e. The molecule has 176 valence electrons. The Bertz CT molecular complexity index is 1200. The Balaban J connectivity index is 1.36. The van der Waals surface area contributed by atoms with Gasteiger partial charge < -0.3 is 20.1 Å². The molecule has 2 atom stereocenters. The van der Waals surface area contributed by atoms with Crippen molar-refractivity contribution in [3.05, 3.63) is 53.1 Å². The normalized spacial score (nSPS) is 20.6. The summed E-state index contributed by atoms with van der Waals surface area (Å²) in [6.45, 7) is 2.43. The number of anilines is 1. The van der Waals surface area contributed by atoms with Crippen molar-refractivity contribution in [1.82, 2.24) is 5.32 Å². The second-order valence-corrected chi connectivity index (χ2v) is 11.5. The number of nitrogens with zero attached hydrogens (tertiary/aromatic N) is 1. The number of fused-ring (bicyclic) bond motifs is 1. The van der Waals surface area contributed by atoms with Crippen molar-refractivity contribution in [3.8, 4) is 11.5 Å². The lowest BCUT2D eigenvalue weighted by atomic mass is 10.1. The van der Waals surface area contributed by atoms with Crippen molar-refractivity contribution < 1.29 is 22.7 Å². The summed E-state index contributed by atoms with van der Waals surface area (Å²) in [5, 5.41) is 6.91. The van der Waals surface area contributed by atoms with E-state index >= 15 is 0 Å². The van der Waals surface area contributed by atoms with E-state index in [2.05, 4.69) is 15.6 Å². The Morgan fingerprint density at radius 2 is 1.91 bits per heavy atom. The van der Waals surface area contributed by atoms with Gasteiger partial charge in [-0.15, -0.1) is 0 Å². The molecular weight excluding hydrogens is 462 g/mol. The van der Waals surface area contributed by atoms with Gasteiger partial charge >= 0.3 is 0 Å². The maximum absolute atomic E-state index is 12.7. The molecule has 0 radical (unpaired) electrons. The zero-order valence-electron chi connectivity index (χ0n) is 18.8. The fourth-order valence-electron chi connectivity index (χ4n) is 3.89. The van der Waals surface area contributed by atoms with Gasteiger partial charge in [-0.2, -0.15) is 0 Å². The number of carbonyl (C=O) groups is 1. The second-order valence-electron chi connectivity index (χ2n) is 8.08. The summed E-state index contributed by atoms with van der Waals surface area (Å²) in [6, 6.07) is 11.0. The molecule has 2 aliphatic rings. The van der Waals surface area contributed by atoms with Crippen molar-refractivity contribution in [3.63, 3.8) is 0 Å². The fraction of sp³-hybridized carbons (Fsp3) is 0.391.